The van der Waals surface area contributed by atoms with Crippen molar-refractivity contribution in [3.63, 3.8) is 0 Å². The molecule has 0 aliphatic rings. The summed E-state index contributed by atoms with van der Waals surface area (Å²) < 4.78 is 5.09. The van der Waals surface area contributed by atoms with Gasteiger partial charge in [-0.2, -0.15) is 0 Å². The smallest absolute Gasteiger partial charge is 0.253 e. The fourth-order valence-electron chi connectivity index (χ4n) is 2.27. The molecule has 1 amide bonds. The van der Waals surface area contributed by atoms with Gasteiger partial charge in [0, 0.05) is 28.7 Å². The van der Waals surface area contributed by atoms with Crippen LogP contribution in [0.15, 0.2) is 42.5 Å². The summed E-state index contributed by atoms with van der Waals surface area (Å²) in [7, 11) is 1.56. The van der Waals surface area contributed by atoms with Crippen LogP contribution in [-0.4, -0.2) is 19.6 Å². The second-order valence-corrected chi connectivity index (χ2v) is 6.46. The number of benzene rings is 2. The van der Waals surface area contributed by atoms with Gasteiger partial charge in [0.15, 0.2) is 0 Å². The SMILES string of the molecule is COc1ccc(C(=O)NCC(C)(C)c2ccc(Cl)cc2)c(N)c1. The van der Waals surface area contributed by atoms with Crippen molar-refractivity contribution in [3.8, 4) is 5.75 Å². The molecular weight excluding hydrogens is 312 g/mol. The maximum atomic E-state index is 12.3. The lowest BCUT2D eigenvalue weighted by atomic mass is 9.84. The van der Waals surface area contributed by atoms with Gasteiger partial charge in [-0.1, -0.05) is 37.6 Å². The zero-order valence-electron chi connectivity index (χ0n) is 13.5. The fraction of sp³-hybridized carbons (Fsp3) is 0.278. The van der Waals surface area contributed by atoms with Crippen molar-refractivity contribution in [3.05, 3.63) is 58.6 Å². The van der Waals surface area contributed by atoms with E-state index in [1.54, 1.807) is 25.3 Å². The second-order valence-electron chi connectivity index (χ2n) is 6.03. The number of nitrogens with two attached hydrogens (primary N) is 1. The Morgan fingerprint density at radius 2 is 1.87 bits per heavy atom. The summed E-state index contributed by atoms with van der Waals surface area (Å²) in [5.41, 5.74) is 7.63. The van der Waals surface area contributed by atoms with E-state index in [0.717, 1.165) is 5.56 Å². The Labute approximate surface area is 141 Å². The van der Waals surface area contributed by atoms with Crippen LogP contribution in [0.5, 0.6) is 5.75 Å². The molecule has 23 heavy (non-hydrogen) atoms. The molecule has 3 N–H and O–H groups in total. The first-order valence-electron chi connectivity index (χ1n) is 7.31. The summed E-state index contributed by atoms with van der Waals surface area (Å²) in [6.45, 7) is 4.61. The van der Waals surface area contributed by atoms with Gasteiger partial charge in [-0.25, -0.2) is 0 Å². The monoisotopic (exact) mass is 332 g/mol. The van der Waals surface area contributed by atoms with Gasteiger partial charge in [-0.3, -0.25) is 4.79 Å². The molecule has 0 saturated heterocycles. The van der Waals surface area contributed by atoms with E-state index in [-0.39, 0.29) is 11.3 Å². The molecule has 0 unspecified atom stereocenters. The summed E-state index contributed by atoms with van der Waals surface area (Å²) >= 11 is 5.92. The average molecular weight is 333 g/mol. The van der Waals surface area contributed by atoms with E-state index in [2.05, 4.69) is 19.2 Å². The standard InChI is InChI=1S/C18H21ClN2O2/c1-18(2,12-4-6-13(19)7-5-12)11-21-17(22)15-9-8-14(23-3)10-16(15)20/h4-10H,11,20H2,1-3H3,(H,21,22). The molecule has 0 fully saturated rings. The maximum absolute atomic E-state index is 12.3. The Morgan fingerprint density at radius 3 is 2.43 bits per heavy atom. The summed E-state index contributed by atoms with van der Waals surface area (Å²) in [6, 6.07) is 12.7. The van der Waals surface area contributed by atoms with Gasteiger partial charge in [-0.05, 0) is 29.8 Å². The van der Waals surface area contributed by atoms with Crippen molar-refractivity contribution in [1.29, 1.82) is 0 Å². The molecule has 0 bridgehead atoms. The molecule has 5 heteroatoms. The highest BCUT2D eigenvalue weighted by Gasteiger charge is 2.22. The molecule has 0 aromatic heterocycles. The molecule has 0 radical (unpaired) electrons. The minimum atomic E-state index is -0.221. The molecule has 2 rings (SSSR count). The predicted octanol–water partition coefficient (Wildman–Crippen LogP) is 3.64. The molecule has 0 aliphatic carbocycles. The van der Waals surface area contributed by atoms with Crippen molar-refractivity contribution < 1.29 is 9.53 Å². The lowest BCUT2D eigenvalue weighted by molar-refractivity contribution is 0.0946. The number of methoxy groups -OCH3 is 1. The molecule has 0 heterocycles. The minimum Gasteiger partial charge on any atom is -0.497 e. The van der Waals surface area contributed by atoms with Gasteiger partial charge < -0.3 is 15.8 Å². The number of anilines is 1. The van der Waals surface area contributed by atoms with Gasteiger partial charge in [0.25, 0.3) is 5.91 Å². The van der Waals surface area contributed by atoms with Crippen LogP contribution in [0.25, 0.3) is 0 Å². The van der Waals surface area contributed by atoms with Crippen molar-refractivity contribution in [1.82, 2.24) is 5.32 Å². The number of carbonyl (C=O) groups excluding carboxylic acids is 1. The average Bonchev–Trinajstić information content (AvgIpc) is 2.53. The van der Waals surface area contributed by atoms with Gasteiger partial charge in [0.1, 0.15) is 5.75 Å². The predicted molar refractivity (Wildman–Crippen MR) is 94.2 cm³/mol. The Bertz CT molecular complexity index is 697. The van der Waals surface area contributed by atoms with Crippen LogP contribution < -0.4 is 15.8 Å². The molecular formula is C18H21ClN2O2. The number of rotatable bonds is 5. The third-order valence-electron chi connectivity index (χ3n) is 3.82. The van der Waals surface area contributed by atoms with Crippen molar-refractivity contribution in [2.24, 2.45) is 0 Å². The topological polar surface area (TPSA) is 64.3 Å². The second kappa shape index (κ2) is 6.92. The molecule has 2 aromatic rings. The number of halogens is 1. The summed E-state index contributed by atoms with van der Waals surface area (Å²) in [6.07, 6.45) is 0. The van der Waals surface area contributed by atoms with Crippen molar-refractivity contribution in [2.75, 3.05) is 19.4 Å². The van der Waals surface area contributed by atoms with E-state index < -0.39 is 0 Å². The number of hydrogen-bond acceptors (Lipinski definition) is 3. The zero-order chi connectivity index (χ0) is 17.0. The van der Waals surface area contributed by atoms with Crippen LogP contribution >= 0.6 is 11.6 Å². The molecule has 122 valence electrons. The van der Waals surface area contributed by atoms with Gasteiger partial charge >= 0.3 is 0 Å². The molecule has 4 nitrogen and oxygen atoms in total. The normalized spacial score (nSPS) is 11.1. The van der Waals surface area contributed by atoms with Crippen LogP contribution in [0.1, 0.15) is 29.8 Å². The highest BCUT2D eigenvalue weighted by atomic mass is 35.5. The van der Waals surface area contributed by atoms with E-state index >= 15 is 0 Å². The Kier molecular flexibility index (Phi) is 5.16. The first-order valence-corrected chi connectivity index (χ1v) is 7.69. The Balaban J connectivity index is 2.07. The summed E-state index contributed by atoms with van der Waals surface area (Å²) in [5.74, 6) is 0.424. The number of nitrogens with one attached hydrogen (secondary N) is 1. The Morgan fingerprint density at radius 1 is 1.22 bits per heavy atom. The third kappa shape index (κ3) is 4.17. The van der Waals surface area contributed by atoms with Crippen molar-refractivity contribution in [2.45, 2.75) is 19.3 Å². The van der Waals surface area contributed by atoms with Crippen LogP contribution in [0, 0.1) is 0 Å². The highest BCUT2D eigenvalue weighted by molar-refractivity contribution is 6.30. The molecule has 0 aliphatic heterocycles. The minimum absolute atomic E-state index is 0.202. The van der Waals surface area contributed by atoms with E-state index in [1.807, 2.05) is 24.3 Å². The quantitative estimate of drug-likeness (QED) is 0.822. The molecule has 2 aromatic carbocycles. The lowest BCUT2D eigenvalue weighted by Gasteiger charge is -2.26. The van der Waals surface area contributed by atoms with Gasteiger partial charge in [0.2, 0.25) is 0 Å². The lowest BCUT2D eigenvalue weighted by Crippen LogP contribution is -2.36. The summed E-state index contributed by atoms with van der Waals surface area (Å²) in [4.78, 5) is 12.3. The van der Waals surface area contributed by atoms with E-state index in [1.165, 1.54) is 0 Å². The summed E-state index contributed by atoms with van der Waals surface area (Å²) in [5, 5.41) is 3.63. The number of hydrogen-bond donors (Lipinski definition) is 2. The largest absolute Gasteiger partial charge is 0.497 e. The fourth-order valence-corrected chi connectivity index (χ4v) is 2.40. The Hall–Kier alpha value is -2.20. The highest BCUT2D eigenvalue weighted by Crippen LogP contribution is 2.24. The van der Waals surface area contributed by atoms with Crippen LogP contribution in [-0.2, 0) is 5.41 Å². The van der Waals surface area contributed by atoms with E-state index in [4.69, 9.17) is 22.1 Å². The number of carbonyl (C=O) groups is 1. The molecule has 0 spiro atoms. The number of nitrogen functional groups attached to an aromatic ring is 1. The maximum Gasteiger partial charge on any atom is 0.253 e. The number of amides is 1. The van der Waals surface area contributed by atoms with Crippen LogP contribution in [0.4, 0.5) is 5.69 Å². The number of ether oxygens (including phenoxy) is 1. The third-order valence-corrected chi connectivity index (χ3v) is 4.07. The van der Waals surface area contributed by atoms with Crippen molar-refractivity contribution >= 4 is 23.2 Å². The molecule has 0 saturated carbocycles. The van der Waals surface area contributed by atoms with E-state index in [9.17, 15) is 4.79 Å². The van der Waals surface area contributed by atoms with Crippen LogP contribution in [0.3, 0.4) is 0 Å². The first-order chi connectivity index (χ1) is 10.8. The van der Waals surface area contributed by atoms with E-state index in [0.29, 0.717) is 28.6 Å². The van der Waals surface area contributed by atoms with Gasteiger partial charge in [0.05, 0.1) is 12.7 Å². The van der Waals surface area contributed by atoms with Gasteiger partial charge in [-0.15, -0.1) is 0 Å². The zero-order valence-corrected chi connectivity index (χ0v) is 14.3. The molecule has 0 atom stereocenters. The first kappa shape index (κ1) is 17.2. The van der Waals surface area contributed by atoms with Crippen LogP contribution in [0.2, 0.25) is 5.02 Å².